The van der Waals surface area contributed by atoms with E-state index in [1.165, 1.54) is 22.3 Å². The van der Waals surface area contributed by atoms with Gasteiger partial charge in [-0.1, -0.05) is 48.0 Å². The molecule has 0 bridgehead atoms. The number of hydrogen-bond acceptors (Lipinski definition) is 1. The van der Waals surface area contributed by atoms with Gasteiger partial charge in [-0.3, -0.25) is 0 Å². The molecule has 1 heterocycles. The number of benzene rings is 2. The Bertz CT molecular complexity index is 846. The van der Waals surface area contributed by atoms with Crippen LogP contribution in [-0.4, -0.2) is 10.9 Å². The minimum absolute atomic E-state index is 0. The summed E-state index contributed by atoms with van der Waals surface area (Å²) in [7, 11) is 0. The molecule has 0 unspecified atom stereocenters. The van der Waals surface area contributed by atoms with Gasteiger partial charge in [0.05, 0.1) is 12.0 Å². The largest absolute Gasteiger partial charge is 1.00 e. The third-order valence-corrected chi connectivity index (χ3v) is 4.34. The second-order valence-electron chi connectivity index (χ2n) is 6.33. The zero-order chi connectivity index (χ0) is 17.1. The lowest BCUT2D eigenvalue weighted by Crippen LogP contribution is -3.00. The normalized spacial score (nSPS) is 10.4. The molecule has 1 N–H and O–H groups in total. The number of carbonyl (C=O) groups is 1. The molecule has 0 aliphatic rings. The minimum atomic E-state index is 0. The molecule has 3 aromatic rings. The van der Waals surface area contributed by atoms with E-state index in [4.69, 9.17) is 0 Å². The van der Waals surface area contributed by atoms with Crippen LogP contribution in [-0.2, 0) is 6.42 Å². The Balaban J connectivity index is 0.00000225. The maximum atomic E-state index is 12.7. The second kappa shape index (κ2) is 8.13. The molecule has 130 valence electrons. The number of nitrogens with one attached hydrogen (secondary N) is 1. The molecule has 0 aliphatic carbocycles. The number of imidazole rings is 1. The van der Waals surface area contributed by atoms with Gasteiger partial charge in [0.15, 0.2) is 0 Å². The first kappa shape index (κ1) is 18.9. The number of halogens is 1. The summed E-state index contributed by atoms with van der Waals surface area (Å²) in [5.74, 6) is 0.970. The van der Waals surface area contributed by atoms with Gasteiger partial charge in [-0.2, -0.15) is 4.57 Å². The maximum absolute atomic E-state index is 12.7. The van der Waals surface area contributed by atoms with Crippen molar-refractivity contribution in [3.8, 4) is 11.4 Å². The van der Waals surface area contributed by atoms with Gasteiger partial charge in [0, 0.05) is 0 Å². The first-order valence-corrected chi connectivity index (χ1v) is 8.30. The molecule has 1 aromatic heterocycles. The number of aromatic nitrogens is 2. The van der Waals surface area contributed by atoms with Crippen molar-refractivity contribution in [2.75, 3.05) is 0 Å². The van der Waals surface area contributed by atoms with Crippen LogP contribution < -0.4 is 17.0 Å². The molecule has 2 aromatic carbocycles. The molecule has 3 rings (SSSR count). The fraction of sp³-hybridized carbons (Fsp3) is 0.238. The third kappa shape index (κ3) is 4.18. The van der Waals surface area contributed by atoms with Crippen molar-refractivity contribution in [1.29, 1.82) is 0 Å². The van der Waals surface area contributed by atoms with Gasteiger partial charge >= 0.3 is 5.91 Å². The Morgan fingerprint density at radius 3 is 2.32 bits per heavy atom. The Morgan fingerprint density at radius 2 is 1.68 bits per heavy atom. The van der Waals surface area contributed by atoms with Gasteiger partial charge in [0.2, 0.25) is 0 Å². The van der Waals surface area contributed by atoms with E-state index in [0.29, 0.717) is 6.42 Å². The average molecular weight is 355 g/mol. The summed E-state index contributed by atoms with van der Waals surface area (Å²) in [6.45, 7) is 6.28. The van der Waals surface area contributed by atoms with Gasteiger partial charge < -0.3 is 12.4 Å². The van der Waals surface area contributed by atoms with Gasteiger partial charge in [0.25, 0.3) is 5.82 Å². The van der Waals surface area contributed by atoms with Crippen LogP contribution in [0.15, 0.2) is 54.9 Å². The molecule has 0 spiro atoms. The van der Waals surface area contributed by atoms with Crippen LogP contribution in [0.3, 0.4) is 0 Å². The summed E-state index contributed by atoms with van der Waals surface area (Å²) in [5, 5.41) is 0. The highest BCUT2D eigenvalue weighted by molar-refractivity contribution is 5.72. The van der Waals surface area contributed by atoms with Crippen LogP contribution in [0, 0.1) is 20.8 Å². The van der Waals surface area contributed by atoms with Crippen molar-refractivity contribution in [2.24, 2.45) is 0 Å². The first-order valence-electron chi connectivity index (χ1n) is 8.30. The second-order valence-corrected chi connectivity index (χ2v) is 6.33. The highest BCUT2D eigenvalue weighted by Crippen LogP contribution is 2.24. The summed E-state index contributed by atoms with van der Waals surface area (Å²) in [6, 6.07) is 14.4. The van der Waals surface area contributed by atoms with Crippen LogP contribution in [0.25, 0.3) is 11.4 Å². The number of H-pyrrole nitrogens is 1. The number of hydrogen-bond donors (Lipinski definition) is 1. The molecule has 0 aliphatic heterocycles. The highest BCUT2D eigenvalue weighted by atomic mass is 35.5. The minimum Gasteiger partial charge on any atom is -1.00 e. The molecule has 0 fully saturated rings. The van der Waals surface area contributed by atoms with Crippen molar-refractivity contribution in [3.63, 3.8) is 0 Å². The zero-order valence-electron chi connectivity index (χ0n) is 14.8. The Kier molecular flexibility index (Phi) is 6.16. The fourth-order valence-corrected chi connectivity index (χ4v) is 3.31. The SMILES string of the molecule is Cc1cc(C)c(-c2[nH]cc[n+]2C(=O)CCc2ccccc2)c(C)c1.[Cl-]. The van der Waals surface area contributed by atoms with Crippen LogP contribution in [0.2, 0.25) is 0 Å². The lowest BCUT2D eigenvalue weighted by Gasteiger charge is -2.08. The van der Waals surface area contributed by atoms with E-state index >= 15 is 0 Å². The number of rotatable bonds is 4. The van der Waals surface area contributed by atoms with Crippen molar-refractivity contribution >= 4 is 5.91 Å². The summed E-state index contributed by atoms with van der Waals surface area (Å²) in [4.78, 5) is 16.0. The maximum Gasteiger partial charge on any atom is 0.314 e. The smallest absolute Gasteiger partial charge is 0.314 e. The predicted molar refractivity (Wildman–Crippen MR) is 96.0 cm³/mol. The number of nitrogens with zero attached hydrogens (tertiary/aromatic N) is 1. The van der Waals surface area contributed by atoms with Gasteiger partial charge in [-0.05, 0) is 43.9 Å². The Morgan fingerprint density at radius 1 is 1.04 bits per heavy atom. The molecule has 25 heavy (non-hydrogen) atoms. The topological polar surface area (TPSA) is 36.7 Å². The van der Waals surface area contributed by atoms with E-state index in [1.807, 2.05) is 30.6 Å². The summed E-state index contributed by atoms with van der Waals surface area (Å²) >= 11 is 0. The van der Waals surface area contributed by atoms with Crippen molar-refractivity contribution in [1.82, 2.24) is 4.98 Å². The first-order chi connectivity index (χ1) is 11.6. The standard InChI is InChI=1S/C21H22N2O.ClH/c1-15-13-16(2)20(17(3)14-15)21-22-11-12-23(21)19(24)10-9-18-7-5-4-6-8-18;/h4-8,11-14H,9-10H2,1-3H3;1H. The summed E-state index contributed by atoms with van der Waals surface area (Å²) in [5.41, 5.74) is 5.89. The van der Waals surface area contributed by atoms with Crippen molar-refractivity contribution in [3.05, 3.63) is 77.1 Å². The number of carbonyl (C=O) groups excluding carboxylic acids is 1. The molecule has 0 atom stereocenters. The van der Waals surface area contributed by atoms with E-state index in [-0.39, 0.29) is 18.3 Å². The van der Waals surface area contributed by atoms with Gasteiger partial charge in [0.1, 0.15) is 12.4 Å². The molecule has 0 saturated carbocycles. The zero-order valence-corrected chi connectivity index (χ0v) is 15.6. The van der Waals surface area contributed by atoms with E-state index in [1.54, 1.807) is 4.57 Å². The summed E-state index contributed by atoms with van der Waals surface area (Å²) in [6.07, 6.45) is 4.89. The van der Waals surface area contributed by atoms with Crippen LogP contribution in [0.1, 0.15) is 33.5 Å². The van der Waals surface area contributed by atoms with Gasteiger partial charge in [-0.25, -0.2) is 9.78 Å². The van der Waals surface area contributed by atoms with Crippen LogP contribution in [0.5, 0.6) is 0 Å². The van der Waals surface area contributed by atoms with Crippen LogP contribution >= 0.6 is 0 Å². The van der Waals surface area contributed by atoms with Crippen molar-refractivity contribution in [2.45, 2.75) is 33.6 Å². The molecule has 0 radical (unpaired) electrons. The lowest BCUT2D eigenvalue weighted by atomic mass is 9.99. The fourth-order valence-electron chi connectivity index (χ4n) is 3.31. The number of aryl methyl sites for hydroxylation is 4. The van der Waals surface area contributed by atoms with E-state index in [2.05, 4.69) is 50.0 Å². The monoisotopic (exact) mass is 354 g/mol. The molecule has 0 saturated heterocycles. The predicted octanol–water partition coefficient (Wildman–Crippen LogP) is 1.17. The Labute approximate surface area is 155 Å². The quantitative estimate of drug-likeness (QED) is 0.702. The van der Waals surface area contributed by atoms with E-state index < -0.39 is 0 Å². The Hall–Kier alpha value is -2.39. The lowest BCUT2D eigenvalue weighted by molar-refractivity contribution is -0.561. The third-order valence-electron chi connectivity index (χ3n) is 4.34. The molecule has 0 amide bonds. The van der Waals surface area contributed by atoms with E-state index in [9.17, 15) is 4.79 Å². The molecular weight excluding hydrogens is 332 g/mol. The number of aromatic amines is 1. The summed E-state index contributed by atoms with van der Waals surface area (Å²) < 4.78 is 1.74. The molecule has 4 heteroatoms. The average Bonchev–Trinajstić information content (AvgIpc) is 3.02. The molecular formula is C21H23ClN2O. The van der Waals surface area contributed by atoms with E-state index in [0.717, 1.165) is 17.8 Å². The van der Waals surface area contributed by atoms with Crippen LogP contribution in [0.4, 0.5) is 0 Å². The van der Waals surface area contributed by atoms with Crippen molar-refractivity contribution < 1.29 is 21.8 Å². The highest BCUT2D eigenvalue weighted by Gasteiger charge is 2.23. The van der Waals surface area contributed by atoms with Gasteiger partial charge in [-0.15, -0.1) is 0 Å². The molecule has 3 nitrogen and oxygen atoms in total.